The van der Waals surface area contributed by atoms with Crippen LogP contribution in [-0.2, 0) is 0 Å². The van der Waals surface area contributed by atoms with Gasteiger partial charge >= 0.3 is 0 Å². The van der Waals surface area contributed by atoms with E-state index in [4.69, 9.17) is 9.47 Å². The molecular weight excluding hydrogens is 456 g/mol. The molecule has 0 aromatic heterocycles. The number of benzene rings is 2. The van der Waals surface area contributed by atoms with E-state index in [9.17, 15) is 9.59 Å². The minimum Gasteiger partial charge on any atom is -0.493 e. The van der Waals surface area contributed by atoms with Crippen LogP contribution in [0.3, 0.4) is 0 Å². The summed E-state index contributed by atoms with van der Waals surface area (Å²) in [7, 11) is 1.49. The number of hydrazine groups is 1. The lowest BCUT2D eigenvalue weighted by molar-refractivity contribution is 0.0846. The van der Waals surface area contributed by atoms with E-state index in [-0.39, 0.29) is 0 Å². The molecular formula is C17H16Br2N2O4. The highest BCUT2D eigenvalue weighted by Crippen LogP contribution is 2.36. The van der Waals surface area contributed by atoms with Crippen molar-refractivity contribution < 1.29 is 19.1 Å². The quantitative estimate of drug-likeness (QED) is 0.652. The molecule has 0 unspecified atom stereocenters. The molecule has 2 amide bonds. The smallest absolute Gasteiger partial charge is 0.270 e. The maximum absolute atomic E-state index is 12.3. The van der Waals surface area contributed by atoms with Crippen LogP contribution >= 0.6 is 31.9 Å². The molecule has 2 aromatic carbocycles. The molecule has 8 heteroatoms. The van der Waals surface area contributed by atoms with Crippen LogP contribution in [0.5, 0.6) is 11.5 Å². The number of carbonyl (C=O) groups excluding carboxylic acids is 2. The van der Waals surface area contributed by atoms with Crippen molar-refractivity contribution in [1.29, 1.82) is 0 Å². The Balaban J connectivity index is 2.12. The minimum atomic E-state index is -0.484. The van der Waals surface area contributed by atoms with Gasteiger partial charge in [0.1, 0.15) is 0 Å². The van der Waals surface area contributed by atoms with E-state index < -0.39 is 11.8 Å². The summed E-state index contributed by atoms with van der Waals surface area (Å²) in [4.78, 5) is 24.4. The molecule has 0 aliphatic heterocycles. The van der Waals surface area contributed by atoms with Crippen molar-refractivity contribution in [1.82, 2.24) is 10.9 Å². The number of hydrogen-bond acceptors (Lipinski definition) is 4. The number of hydrogen-bond donors (Lipinski definition) is 2. The zero-order valence-corrected chi connectivity index (χ0v) is 16.7. The fourth-order valence-electron chi connectivity index (χ4n) is 2.03. The van der Waals surface area contributed by atoms with E-state index in [0.29, 0.717) is 38.2 Å². The van der Waals surface area contributed by atoms with Crippen molar-refractivity contribution >= 4 is 43.7 Å². The third-order valence-electron chi connectivity index (χ3n) is 3.19. The molecule has 132 valence electrons. The summed E-state index contributed by atoms with van der Waals surface area (Å²) in [5, 5.41) is 0. The van der Waals surface area contributed by atoms with Crippen LogP contribution < -0.4 is 20.3 Å². The Labute approximate surface area is 162 Å². The van der Waals surface area contributed by atoms with Crippen LogP contribution in [0.25, 0.3) is 0 Å². The molecule has 0 spiro atoms. The topological polar surface area (TPSA) is 76.7 Å². The van der Waals surface area contributed by atoms with Crippen molar-refractivity contribution in [2.24, 2.45) is 0 Å². The molecule has 0 radical (unpaired) electrons. The molecule has 0 saturated carbocycles. The lowest BCUT2D eigenvalue weighted by atomic mass is 10.2. The van der Waals surface area contributed by atoms with Gasteiger partial charge in [-0.3, -0.25) is 20.4 Å². The second-order valence-corrected chi connectivity index (χ2v) is 6.52. The van der Waals surface area contributed by atoms with Crippen LogP contribution in [0.4, 0.5) is 0 Å². The summed E-state index contributed by atoms with van der Waals surface area (Å²) in [6, 6.07) is 10.0. The van der Waals surface area contributed by atoms with E-state index in [0.717, 1.165) is 0 Å². The van der Waals surface area contributed by atoms with Gasteiger partial charge in [0.05, 0.1) is 23.8 Å². The standard InChI is InChI=1S/C17H16Br2N2O4/c1-3-25-15-13(19)8-10(9-14(15)24-2)16(22)20-21-17(23)11-6-4-5-7-12(11)18/h4-9H,3H2,1-2H3,(H,20,22)(H,21,23). The van der Waals surface area contributed by atoms with Gasteiger partial charge in [0.2, 0.25) is 0 Å². The Morgan fingerprint density at radius 1 is 1.04 bits per heavy atom. The fourth-order valence-corrected chi connectivity index (χ4v) is 3.06. The Bertz CT molecular complexity index is 796. The summed E-state index contributed by atoms with van der Waals surface area (Å²) < 4.78 is 11.9. The second kappa shape index (κ2) is 8.87. The first-order valence-corrected chi connectivity index (χ1v) is 8.92. The van der Waals surface area contributed by atoms with Gasteiger partial charge in [-0.1, -0.05) is 12.1 Å². The predicted molar refractivity (Wildman–Crippen MR) is 101 cm³/mol. The van der Waals surface area contributed by atoms with Crippen LogP contribution in [0.1, 0.15) is 27.6 Å². The summed E-state index contributed by atoms with van der Waals surface area (Å²) in [5.41, 5.74) is 5.47. The third-order valence-corrected chi connectivity index (χ3v) is 4.47. The lowest BCUT2D eigenvalue weighted by Gasteiger charge is -2.14. The summed E-state index contributed by atoms with van der Waals surface area (Å²) in [6.07, 6.45) is 0. The fraction of sp³-hybridized carbons (Fsp3) is 0.176. The van der Waals surface area contributed by atoms with Gasteiger partial charge < -0.3 is 9.47 Å². The SMILES string of the molecule is CCOc1c(Br)cc(C(=O)NNC(=O)c2ccccc2Br)cc1OC. The highest BCUT2D eigenvalue weighted by atomic mass is 79.9. The van der Waals surface area contributed by atoms with Crippen molar-refractivity contribution in [2.75, 3.05) is 13.7 Å². The summed E-state index contributed by atoms with van der Waals surface area (Å²) in [6.45, 7) is 2.31. The molecule has 0 fully saturated rings. The first-order valence-electron chi connectivity index (χ1n) is 7.33. The molecule has 25 heavy (non-hydrogen) atoms. The Hall–Kier alpha value is -2.06. The third kappa shape index (κ3) is 4.73. The molecule has 2 rings (SSSR count). The molecule has 0 bridgehead atoms. The number of carbonyl (C=O) groups is 2. The van der Waals surface area contributed by atoms with Gasteiger partial charge in [-0.25, -0.2) is 0 Å². The average molecular weight is 472 g/mol. The zero-order valence-electron chi connectivity index (χ0n) is 13.6. The van der Waals surface area contributed by atoms with E-state index in [1.165, 1.54) is 13.2 Å². The predicted octanol–water partition coefficient (Wildman–Crippen LogP) is 3.69. The largest absolute Gasteiger partial charge is 0.493 e. The molecule has 0 heterocycles. The highest BCUT2D eigenvalue weighted by molar-refractivity contribution is 9.10. The number of halogens is 2. The van der Waals surface area contributed by atoms with E-state index in [1.807, 2.05) is 6.92 Å². The molecule has 0 aliphatic carbocycles. The van der Waals surface area contributed by atoms with Crippen LogP contribution in [0.2, 0.25) is 0 Å². The van der Waals surface area contributed by atoms with Crippen molar-refractivity contribution in [3.63, 3.8) is 0 Å². The Kier molecular flexibility index (Phi) is 6.83. The number of amides is 2. The molecule has 2 aromatic rings. The first-order chi connectivity index (χ1) is 12.0. The maximum Gasteiger partial charge on any atom is 0.270 e. The minimum absolute atomic E-state index is 0.305. The highest BCUT2D eigenvalue weighted by Gasteiger charge is 2.16. The van der Waals surface area contributed by atoms with E-state index in [2.05, 4.69) is 42.7 Å². The number of nitrogens with one attached hydrogen (secondary N) is 2. The van der Waals surface area contributed by atoms with Crippen molar-refractivity contribution in [2.45, 2.75) is 6.92 Å². The summed E-state index contributed by atoms with van der Waals surface area (Å²) >= 11 is 6.65. The molecule has 6 nitrogen and oxygen atoms in total. The van der Waals surface area contributed by atoms with Crippen molar-refractivity contribution in [3.8, 4) is 11.5 Å². The Morgan fingerprint density at radius 3 is 2.36 bits per heavy atom. The average Bonchev–Trinajstić information content (AvgIpc) is 2.61. The lowest BCUT2D eigenvalue weighted by Crippen LogP contribution is -2.41. The van der Waals surface area contributed by atoms with Gasteiger partial charge in [-0.15, -0.1) is 0 Å². The van der Waals surface area contributed by atoms with Crippen LogP contribution in [-0.4, -0.2) is 25.5 Å². The van der Waals surface area contributed by atoms with Gasteiger partial charge in [-0.2, -0.15) is 0 Å². The molecule has 0 aliphatic rings. The molecule has 0 atom stereocenters. The van der Waals surface area contributed by atoms with E-state index >= 15 is 0 Å². The number of rotatable bonds is 5. The molecule has 0 saturated heterocycles. The monoisotopic (exact) mass is 470 g/mol. The number of ether oxygens (including phenoxy) is 2. The van der Waals surface area contributed by atoms with Gasteiger partial charge in [0.15, 0.2) is 11.5 Å². The Morgan fingerprint density at radius 2 is 1.72 bits per heavy atom. The van der Waals surface area contributed by atoms with Gasteiger partial charge in [0, 0.05) is 10.0 Å². The van der Waals surface area contributed by atoms with Crippen LogP contribution in [0.15, 0.2) is 45.3 Å². The summed E-state index contributed by atoms with van der Waals surface area (Å²) in [5.74, 6) is 0.0116. The van der Waals surface area contributed by atoms with Gasteiger partial charge in [-0.05, 0) is 63.0 Å². The van der Waals surface area contributed by atoms with Crippen LogP contribution in [0, 0.1) is 0 Å². The first kappa shape index (κ1) is 19.3. The number of methoxy groups -OCH3 is 1. The van der Waals surface area contributed by atoms with Crippen molar-refractivity contribution in [3.05, 3.63) is 56.5 Å². The normalized spacial score (nSPS) is 10.1. The van der Waals surface area contributed by atoms with Gasteiger partial charge in [0.25, 0.3) is 11.8 Å². The van der Waals surface area contributed by atoms with E-state index in [1.54, 1.807) is 30.3 Å². The molecule has 2 N–H and O–H groups in total. The second-order valence-electron chi connectivity index (χ2n) is 4.81. The maximum atomic E-state index is 12.3. The zero-order chi connectivity index (χ0) is 18.4.